The second kappa shape index (κ2) is 10.1. The summed E-state index contributed by atoms with van der Waals surface area (Å²) < 4.78 is 18.9. The quantitative estimate of drug-likeness (QED) is 0.296. The van der Waals surface area contributed by atoms with E-state index in [0.717, 1.165) is 36.4 Å². The Kier molecular flexibility index (Phi) is 6.70. The lowest BCUT2D eigenvalue weighted by molar-refractivity contribution is 0.153. The van der Waals surface area contributed by atoms with Crippen molar-refractivity contribution in [3.05, 3.63) is 93.8 Å². The van der Waals surface area contributed by atoms with E-state index in [1.165, 1.54) is 22.3 Å². The Bertz CT molecular complexity index is 1360. The molecule has 0 saturated heterocycles. The minimum absolute atomic E-state index is 0.0191. The number of fused-ring (bicyclic) bond motifs is 1. The number of nitrogens with zero attached hydrogens (tertiary/aromatic N) is 3. The predicted molar refractivity (Wildman–Crippen MR) is 138 cm³/mol. The second-order valence-corrected chi connectivity index (χ2v) is 9.00. The summed E-state index contributed by atoms with van der Waals surface area (Å²) in [5.41, 5.74) is 5.86. The summed E-state index contributed by atoms with van der Waals surface area (Å²) in [6.07, 6.45) is 1.88. The maximum Gasteiger partial charge on any atom is 0.288 e. The number of aromatic nitrogens is 2. The van der Waals surface area contributed by atoms with Gasteiger partial charge in [0.25, 0.3) is 4.84 Å². The van der Waals surface area contributed by atoms with Crippen molar-refractivity contribution in [1.29, 1.82) is 0 Å². The molecule has 0 aliphatic carbocycles. The van der Waals surface area contributed by atoms with E-state index in [9.17, 15) is 0 Å². The molecule has 2 heterocycles. The highest BCUT2D eigenvalue weighted by atomic mass is 32.1. The van der Waals surface area contributed by atoms with Crippen molar-refractivity contribution < 1.29 is 13.9 Å². The smallest absolute Gasteiger partial charge is 0.288 e. The van der Waals surface area contributed by atoms with Gasteiger partial charge in [0.15, 0.2) is 11.5 Å². The molecule has 6 nitrogen and oxygen atoms in total. The monoisotopic (exact) mass is 487 g/mol. The Morgan fingerprint density at radius 2 is 1.71 bits per heavy atom. The fourth-order valence-corrected chi connectivity index (χ4v) is 4.92. The van der Waals surface area contributed by atoms with Crippen molar-refractivity contribution in [3.63, 3.8) is 0 Å². The minimum Gasteiger partial charge on any atom is -0.493 e. The standard InChI is InChI=1S/C28H29N3O3S/c1-4-19-10-12-21(13-11-19)27-29-31(28(35)34-27)18-30-15-14-22-16-24(32-2)25(33-3)17-23(22)26(30)20-8-6-5-7-9-20/h5-13,16-17,26H,4,14-15,18H2,1-3H3/t26-/m1/s1. The number of aryl methyl sites for hydroxylation is 1. The van der Waals surface area contributed by atoms with Gasteiger partial charge in [0.1, 0.15) is 0 Å². The number of methoxy groups -OCH3 is 2. The average Bonchev–Trinajstić information content (AvgIpc) is 3.28. The average molecular weight is 488 g/mol. The molecule has 180 valence electrons. The lowest BCUT2D eigenvalue weighted by Crippen LogP contribution is -2.37. The van der Waals surface area contributed by atoms with E-state index in [4.69, 9.17) is 31.2 Å². The van der Waals surface area contributed by atoms with Crippen LogP contribution in [-0.4, -0.2) is 35.4 Å². The van der Waals surface area contributed by atoms with Gasteiger partial charge in [0, 0.05) is 12.1 Å². The zero-order valence-corrected chi connectivity index (χ0v) is 21.0. The van der Waals surface area contributed by atoms with Gasteiger partial charge in [0.2, 0.25) is 5.89 Å². The third-order valence-electron chi connectivity index (χ3n) is 6.62. The Balaban J connectivity index is 1.51. The molecule has 0 radical (unpaired) electrons. The van der Waals surface area contributed by atoms with Crippen molar-refractivity contribution in [2.75, 3.05) is 20.8 Å². The van der Waals surface area contributed by atoms with Crippen LogP contribution in [0.4, 0.5) is 0 Å². The Hall–Kier alpha value is -3.42. The zero-order chi connectivity index (χ0) is 24.4. The molecule has 0 N–H and O–H groups in total. The minimum atomic E-state index is 0.0191. The highest BCUT2D eigenvalue weighted by molar-refractivity contribution is 7.71. The van der Waals surface area contributed by atoms with Crippen LogP contribution in [0.1, 0.15) is 35.2 Å². The molecule has 1 aliphatic heterocycles. The fourth-order valence-electron chi connectivity index (χ4n) is 4.74. The van der Waals surface area contributed by atoms with Crippen LogP contribution in [0, 0.1) is 4.84 Å². The maximum absolute atomic E-state index is 5.90. The number of rotatable bonds is 7. The molecule has 1 atom stereocenters. The molecule has 0 spiro atoms. The van der Waals surface area contributed by atoms with Crippen LogP contribution in [0.2, 0.25) is 0 Å². The van der Waals surface area contributed by atoms with Gasteiger partial charge in [-0.3, -0.25) is 4.90 Å². The van der Waals surface area contributed by atoms with Crippen LogP contribution in [0.5, 0.6) is 11.5 Å². The van der Waals surface area contributed by atoms with Crippen LogP contribution in [0.3, 0.4) is 0 Å². The molecule has 0 amide bonds. The first kappa shape index (κ1) is 23.3. The summed E-state index contributed by atoms with van der Waals surface area (Å²) in [5.74, 6) is 2.02. The highest BCUT2D eigenvalue weighted by Crippen LogP contribution is 2.41. The lowest BCUT2D eigenvalue weighted by Gasteiger charge is -2.37. The summed E-state index contributed by atoms with van der Waals surface area (Å²) in [4.78, 5) is 2.75. The lowest BCUT2D eigenvalue weighted by atomic mass is 9.88. The molecule has 4 aromatic rings. The third kappa shape index (κ3) is 4.61. The summed E-state index contributed by atoms with van der Waals surface area (Å²) >= 11 is 5.57. The molecule has 0 fully saturated rings. The molecule has 0 unspecified atom stereocenters. The van der Waals surface area contributed by atoms with Gasteiger partial charge in [-0.25, -0.2) is 4.68 Å². The van der Waals surface area contributed by atoms with E-state index < -0.39 is 0 Å². The second-order valence-electron chi connectivity index (χ2n) is 8.65. The van der Waals surface area contributed by atoms with Crippen LogP contribution in [0.15, 0.2) is 71.1 Å². The van der Waals surface area contributed by atoms with E-state index in [2.05, 4.69) is 60.4 Å². The molecular weight excluding hydrogens is 458 g/mol. The van der Waals surface area contributed by atoms with E-state index in [0.29, 0.717) is 17.4 Å². The predicted octanol–water partition coefficient (Wildman–Crippen LogP) is 6.06. The first-order valence-electron chi connectivity index (χ1n) is 11.8. The van der Waals surface area contributed by atoms with Gasteiger partial charge in [0.05, 0.1) is 26.9 Å². The fraction of sp³-hybridized carbons (Fsp3) is 0.286. The van der Waals surface area contributed by atoms with Crippen LogP contribution < -0.4 is 9.47 Å². The number of hydrogen-bond acceptors (Lipinski definition) is 6. The maximum atomic E-state index is 5.90. The van der Waals surface area contributed by atoms with Gasteiger partial charge >= 0.3 is 0 Å². The molecule has 0 saturated carbocycles. The molecule has 3 aromatic carbocycles. The Morgan fingerprint density at radius 1 is 1.00 bits per heavy atom. The van der Waals surface area contributed by atoms with E-state index in [1.807, 2.05) is 18.2 Å². The molecule has 7 heteroatoms. The van der Waals surface area contributed by atoms with Crippen molar-refractivity contribution in [2.45, 2.75) is 32.5 Å². The Morgan fingerprint density at radius 3 is 2.40 bits per heavy atom. The van der Waals surface area contributed by atoms with Gasteiger partial charge in [-0.1, -0.05) is 49.4 Å². The van der Waals surface area contributed by atoms with Crippen molar-refractivity contribution in [2.24, 2.45) is 0 Å². The molecule has 1 aliphatic rings. The highest BCUT2D eigenvalue weighted by Gasteiger charge is 2.31. The zero-order valence-electron chi connectivity index (χ0n) is 20.2. The molecule has 0 bridgehead atoms. The first-order valence-corrected chi connectivity index (χ1v) is 12.2. The van der Waals surface area contributed by atoms with Crippen molar-refractivity contribution in [1.82, 2.24) is 14.7 Å². The van der Waals surface area contributed by atoms with Gasteiger partial charge in [-0.15, -0.1) is 5.10 Å². The summed E-state index contributed by atoms with van der Waals surface area (Å²) in [6, 6.07) is 23.0. The first-order chi connectivity index (χ1) is 17.1. The third-order valence-corrected chi connectivity index (χ3v) is 6.91. The molecular formula is C28H29N3O3S. The van der Waals surface area contributed by atoms with Gasteiger partial charge < -0.3 is 13.9 Å². The SMILES string of the molecule is CCc1ccc(-c2nn(CN3CCc4cc(OC)c(OC)cc4[C@H]3c3ccccc3)c(=S)o2)cc1. The van der Waals surface area contributed by atoms with E-state index in [1.54, 1.807) is 18.9 Å². The molecule has 5 rings (SSSR count). The normalized spacial score (nSPS) is 15.6. The molecule has 35 heavy (non-hydrogen) atoms. The van der Waals surface area contributed by atoms with E-state index in [-0.39, 0.29) is 6.04 Å². The summed E-state index contributed by atoms with van der Waals surface area (Å²) in [7, 11) is 3.35. The number of benzene rings is 3. The van der Waals surface area contributed by atoms with Gasteiger partial charge in [-0.05, 0) is 71.6 Å². The largest absolute Gasteiger partial charge is 0.493 e. The van der Waals surface area contributed by atoms with Crippen LogP contribution in [0.25, 0.3) is 11.5 Å². The topological polar surface area (TPSA) is 52.7 Å². The van der Waals surface area contributed by atoms with Crippen LogP contribution >= 0.6 is 12.2 Å². The molecule has 1 aromatic heterocycles. The number of hydrogen-bond donors (Lipinski definition) is 0. The summed E-state index contributed by atoms with van der Waals surface area (Å²) in [5, 5.41) is 4.73. The van der Waals surface area contributed by atoms with Crippen molar-refractivity contribution in [3.8, 4) is 23.0 Å². The van der Waals surface area contributed by atoms with Crippen LogP contribution in [-0.2, 0) is 19.5 Å². The van der Waals surface area contributed by atoms with E-state index >= 15 is 0 Å². The van der Waals surface area contributed by atoms with Gasteiger partial charge in [-0.2, -0.15) is 0 Å². The Labute approximate surface area is 210 Å². The summed E-state index contributed by atoms with van der Waals surface area (Å²) in [6.45, 7) is 3.50. The van der Waals surface area contributed by atoms with Crippen molar-refractivity contribution >= 4 is 12.2 Å². The number of ether oxygens (including phenoxy) is 2.